The number of hydrogen-bond acceptors (Lipinski definition) is 3. The van der Waals surface area contributed by atoms with Crippen LogP contribution in [0.5, 0.6) is 5.75 Å². The Balaban J connectivity index is 2.02. The Morgan fingerprint density at radius 2 is 1.87 bits per heavy atom. The van der Waals surface area contributed by atoms with E-state index < -0.39 is 0 Å². The SMILES string of the molecule is CCOc1ccc(C2SCCCS2)cc1. The van der Waals surface area contributed by atoms with Gasteiger partial charge in [0.15, 0.2) is 0 Å². The van der Waals surface area contributed by atoms with Crippen LogP contribution in [-0.2, 0) is 0 Å². The third-order valence-electron chi connectivity index (χ3n) is 2.29. The van der Waals surface area contributed by atoms with Gasteiger partial charge in [-0.1, -0.05) is 12.1 Å². The molecule has 3 heteroatoms. The summed E-state index contributed by atoms with van der Waals surface area (Å²) in [5.41, 5.74) is 1.42. The quantitative estimate of drug-likeness (QED) is 0.791. The van der Waals surface area contributed by atoms with Crippen LogP contribution in [0.15, 0.2) is 24.3 Å². The average molecular weight is 240 g/mol. The molecule has 2 rings (SSSR count). The molecule has 0 unspecified atom stereocenters. The second-order valence-corrected chi connectivity index (χ2v) is 6.15. The van der Waals surface area contributed by atoms with Crippen LogP contribution in [0.25, 0.3) is 0 Å². The second kappa shape index (κ2) is 5.71. The molecular weight excluding hydrogens is 224 g/mol. The maximum Gasteiger partial charge on any atom is 0.119 e. The van der Waals surface area contributed by atoms with Gasteiger partial charge in [-0.2, -0.15) is 0 Å². The third-order valence-corrected chi connectivity index (χ3v) is 5.31. The predicted octanol–water partition coefficient (Wildman–Crippen LogP) is 3.95. The van der Waals surface area contributed by atoms with Crippen LogP contribution < -0.4 is 4.74 Å². The summed E-state index contributed by atoms with van der Waals surface area (Å²) >= 11 is 4.12. The van der Waals surface area contributed by atoms with Crippen molar-refractivity contribution in [2.75, 3.05) is 18.1 Å². The molecule has 1 aliphatic rings. The van der Waals surface area contributed by atoms with E-state index in [4.69, 9.17) is 4.74 Å². The molecule has 1 fully saturated rings. The van der Waals surface area contributed by atoms with E-state index in [0.717, 1.165) is 12.4 Å². The summed E-state index contributed by atoms with van der Waals surface area (Å²) in [7, 11) is 0. The first-order chi connectivity index (χ1) is 7.40. The smallest absolute Gasteiger partial charge is 0.119 e. The van der Waals surface area contributed by atoms with E-state index in [0.29, 0.717) is 4.58 Å². The van der Waals surface area contributed by atoms with Crippen LogP contribution in [0.4, 0.5) is 0 Å². The Hall–Kier alpha value is -0.280. The Morgan fingerprint density at radius 1 is 1.20 bits per heavy atom. The minimum atomic E-state index is 0.634. The van der Waals surface area contributed by atoms with E-state index in [2.05, 4.69) is 47.8 Å². The minimum Gasteiger partial charge on any atom is -0.494 e. The van der Waals surface area contributed by atoms with Crippen LogP contribution in [0.3, 0.4) is 0 Å². The topological polar surface area (TPSA) is 9.23 Å². The molecule has 0 atom stereocenters. The molecule has 0 aliphatic carbocycles. The van der Waals surface area contributed by atoms with Gasteiger partial charge < -0.3 is 4.74 Å². The number of ether oxygens (including phenoxy) is 1. The van der Waals surface area contributed by atoms with Crippen molar-refractivity contribution in [3.05, 3.63) is 29.8 Å². The second-order valence-electron chi connectivity index (χ2n) is 3.43. The molecule has 1 saturated heterocycles. The largest absolute Gasteiger partial charge is 0.494 e. The summed E-state index contributed by atoms with van der Waals surface area (Å²) in [4.78, 5) is 0. The monoisotopic (exact) mass is 240 g/mol. The van der Waals surface area contributed by atoms with Gasteiger partial charge in [0.25, 0.3) is 0 Å². The van der Waals surface area contributed by atoms with Crippen molar-refractivity contribution in [3.8, 4) is 5.75 Å². The van der Waals surface area contributed by atoms with Gasteiger partial charge >= 0.3 is 0 Å². The summed E-state index contributed by atoms with van der Waals surface area (Å²) in [6, 6.07) is 8.55. The summed E-state index contributed by atoms with van der Waals surface area (Å²) in [5.74, 6) is 3.57. The molecule has 1 aromatic rings. The predicted molar refractivity (Wildman–Crippen MR) is 69.9 cm³/mol. The summed E-state index contributed by atoms with van der Waals surface area (Å²) < 4.78 is 6.07. The fraction of sp³-hybridized carbons (Fsp3) is 0.500. The van der Waals surface area contributed by atoms with Gasteiger partial charge in [-0.3, -0.25) is 0 Å². The molecule has 1 aliphatic heterocycles. The average Bonchev–Trinajstić information content (AvgIpc) is 2.32. The third kappa shape index (κ3) is 3.08. The summed E-state index contributed by atoms with van der Waals surface area (Å²) in [6.07, 6.45) is 1.35. The zero-order chi connectivity index (χ0) is 10.5. The highest BCUT2D eigenvalue weighted by molar-refractivity contribution is 8.16. The maximum absolute atomic E-state index is 5.43. The summed E-state index contributed by atoms with van der Waals surface area (Å²) in [5, 5.41) is 0. The van der Waals surface area contributed by atoms with Crippen LogP contribution in [-0.4, -0.2) is 18.1 Å². The van der Waals surface area contributed by atoms with E-state index in [1.54, 1.807) is 0 Å². The van der Waals surface area contributed by atoms with Crippen LogP contribution in [0, 0.1) is 0 Å². The lowest BCUT2D eigenvalue weighted by atomic mass is 10.2. The molecule has 1 heterocycles. The molecule has 0 N–H and O–H groups in total. The molecule has 0 spiro atoms. The van der Waals surface area contributed by atoms with Crippen molar-refractivity contribution in [2.45, 2.75) is 17.9 Å². The number of benzene rings is 1. The Bertz CT molecular complexity index is 291. The zero-order valence-electron chi connectivity index (χ0n) is 8.94. The van der Waals surface area contributed by atoms with Crippen molar-refractivity contribution in [2.24, 2.45) is 0 Å². The van der Waals surface area contributed by atoms with E-state index in [-0.39, 0.29) is 0 Å². The molecule has 0 radical (unpaired) electrons. The molecule has 1 nitrogen and oxygen atoms in total. The molecule has 0 aromatic heterocycles. The highest BCUT2D eigenvalue weighted by Crippen LogP contribution is 2.43. The molecule has 0 saturated carbocycles. The fourth-order valence-electron chi connectivity index (χ4n) is 1.57. The molecule has 0 amide bonds. The minimum absolute atomic E-state index is 0.634. The lowest BCUT2D eigenvalue weighted by Crippen LogP contribution is -2.00. The standard InChI is InChI=1S/C12H16OS2/c1-2-13-11-6-4-10(5-7-11)12-14-8-3-9-15-12/h4-7,12H,2-3,8-9H2,1H3. The Kier molecular flexibility index (Phi) is 4.27. The maximum atomic E-state index is 5.43. The van der Waals surface area contributed by atoms with Crippen molar-refractivity contribution in [1.82, 2.24) is 0 Å². The van der Waals surface area contributed by atoms with Gasteiger partial charge in [-0.25, -0.2) is 0 Å². The number of hydrogen-bond donors (Lipinski definition) is 0. The Labute approximate surface area is 100.0 Å². The van der Waals surface area contributed by atoms with Gasteiger partial charge in [0, 0.05) is 0 Å². The van der Waals surface area contributed by atoms with Crippen molar-refractivity contribution < 1.29 is 4.74 Å². The van der Waals surface area contributed by atoms with Crippen molar-refractivity contribution >= 4 is 23.5 Å². The number of rotatable bonds is 3. The highest BCUT2D eigenvalue weighted by atomic mass is 32.2. The normalized spacial score (nSPS) is 17.7. The van der Waals surface area contributed by atoms with E-state index in [1.807, 2.05) is 6.92 Å². The van der Waals surface area contributed by atoms with E-state index in [1.165, 1.54) is 23.5 Å². The van der Waals surface area contributed by atoms with Gasteiger partial charge in [0.1, 0.15) is 5.75 Å². The first-order valence-electron chi connectivity index (χ1n) is 5.36. The Morgan fingerprint density at radius 3 is 2.47 bits per heavy atom. The van der Waals surface area contributed by atoms with E-state index in [9.17, 15) is 0 Å². The number of thioether (sulfide) groups is 2. The van der Waals surface area contributed by atoms with Gasteiger partial charge in [-0.15, -0.1) is 23.5 Å². The lowest BCUT2D eigenvalue weighted by molar-refractivity contribution is 0.340. The van der Waals surface area contributed by atoms with Crippen molar-refractivity contribution in [3.63, 3.8) is 0 Å². The highest BCUT2D eigenvalue weighted by Gasteiger charge is 2.16. The molecule has 15 heavy (non-hydrogen) atoms. The van der Waals surface area contributed by atoms with Crippen molar-refractivity contribution in [1.29, 1.82) is 0 Å². The van der Waals surface area contributed by atoms with Gasteiger partial charge in [-0.05, 0) is 42.5 Å². The van der Waals surface area contributed by atoms with Gasteiger partial charge in [0.05, 0.1) is 11.2 Å². The van der Waals surface area contributed by atoms with Crippen LogP contribution >= 0.6 is 23.5 Å². The zero-order valence-corrected chi connectivity index (χ0v) is 10.6. The molecular formula is C12H16OS2. The first-order valence-corrected chi connectivity index (χ1v) is 7.46. The van der Waals surface area contributed by atoms with E-state index >= 15 is 0 Å². The van der Waals surface area contributed by atoms with Crippen LogP contribution in [0.2, 0.25) is 0 Å². The molecule has 82 valence electrons. The summed E-state index contributed by atoms with van der Waals surface area (Å²) in [6.45, 7) is 2.76. The molecule has 1 aromatic carbocycles. The fourth-order valence-corrected chi connectivity index (χ4v) is 4.46. The van der Waals surface area contributed by atoms with Gasteiger partial charge in [0.2, 0.25) is 0 Å². The molecule has 0 bridgehead atoms. The first kappa shape index (κ1) is 11.2. The lowest BCUT2D eigenvalue weighted by Gasteiger charge is -2.21. The van der Waals surface area contributed by atoms with Crippen LogP contribution in [0.1, 0.15) is 23.5 Å².